The number of carbonyl (C=O) groups is 1. The zero-order valence-electron chi connectivity index (χ0n) is 9.30. The predicted molar refractivity (Wildman–Crippen MR) is 61.4 cm³/mol. The lowest BCUT2D eigenvalue weighted by atomic mass is 10.2. The number of aldehydes is 1. The van der Waals surface area contributed by atoms with Gasteiger partial charge in [-0.2, -0.15) is 0 Å². The van der Waals surface area contributed by atoms with Crippen molar-refractivity contribution in [1.29, 1.82) is 0 Å². The van der Waals surface area contributed by atoms with Crippen molar-refractivity contribution in [2.24, 2.45) is 0 Å². The minimum atomic E-state index is -0.566. The number of nitrogens with zero attached hydrogens (tertiary/aromatic N) is 1. The molecule has 1 aliphatic rings. The Morgan fingerprint density at radius 2 is 2.06 bits per heavy atom. The molecule has 1 saturated carbocycles. The number of carbonyl (C=O) groups excluding carboxylic acids is 1. The van der Waals surface area contributed by atoms with E-state index in [4.69, 9.17) is 4.74 Å². The summed E-state index contributed by atoms with van der Waals surface area (Å²) in [5, 5.41) is 10.6. The van der Waals surface area contributed by atoms with Gasteiger partial charge in [0, 0.05) is 6.07 Å². The first kappa shape index (κ1) is 11.6. The molecule has 0 N–H and O–H groups in total. The Hall–Kier alpha value is -1.91. The molecule has 0 unspecified atom stereocenters. The van der Waals surface area contributed by atoms with Crippen molar-refractivity contribution in [2.75, 3.05) is 0 Å². The molecule has 1 fully saturated rings. The summed E-state index contributed by atoms with van der Waals surface area (Å²) in [4.78, 5) is 20.8. The maximum absolute atomic E-state index is 10.8. The summed E-state index contributed by atoms with van der Waals surface area (Å²) in [5.74, 6) is 0.532. The van der Waals surface area contributed by atoms with Crippen LogP contribution < -0.4 is 4.74 Å². The van der Waals surface area contributed by atoms with Crippen molar-refractivity contribution in [3.63, 3.8) is 0 Å². The van der Waals surface area contributed by atoms with Gasteiger partial charge >= 0.3 is 0 Å². The molecule has 1 aromatic carbocycles. The van der Waals surface area contributed by atoms with Gasteiger partial charge in [0.05, 0.1) is 16.6 Å². The van der Waals surface area contributed by atoms with Crippen LogP contribution in [-0.4, -0.2) is 17.3 Å². The molecule has 5 nitrogen and oxygen atoms in total. The van der Waals surface area contributed by atoms with Crippen LogP contribution in [0.2, 0.25) is 0 Å². The molecule has 0 radical (unpaired) electrons. The van der Waals surface area contributed by atoms with Crippen LogP contribution in [0, 0.1) is 10.1 Å². The maximum Gasteiger partial charge on any atom is 0.280 e. The van der Waals surface area contributed by atoms with E-state index in [0.717, 1.165) is 25.7 Å². The van der Waals surface area contributed by atoms with Gasteiger partial charge in [0.1, 0.15) is 5.75 Å². The smallest absolute Gasteiger partial charge is 0.280 e. The van der Waals surface area contributed by atoms with Gasteiger partial charge in [-0.15, -0.1) is 0 Å². The Labute approximate surface area is 98.5 Å². The summed E-state index contributed by atoms with van der Waals surface area (Å²) in [6.45, 7) is 0. The molecule has 5 heteroatoms. The van der Waals surface area contributed by atoms with E-state index >= 15 is 0 Å². The highest BCUT2D eigenvalue weighted by atomic mass is 16.6. The first-order valence-corrected chi connectivity index (χ1v) is 5.61. The lowest BCUT2D eigenvalue weighted by molar-refractivity contribution is -0.385. The van der Waals surface area contributed by atoms with Crippen LogP contribution in [0.3, 0.4) is 0 Å². The highest BCUT2D eigenvalue weighted by Gasteiger charge is 2.19. The molecular formula is C12H13NO4. The molecule has 0 saturated heterocycles. The summed E-state index contributed by atoms with van der Waals surface area (Å²) < 4.78 is 5.67. The van der Waals surface area contributed by atoms with Gasteiger partial charge in [-0.1, -0.05) is 0 Å². The summed E-state index contributed by atoms with van der Waals surface area (Å²) >= 11 is 0. The highest BCUT2D eigenvalue weighted by molar-refractivity contribution is 5.82. The monoisotopic (exact) mass is 235 g/mol. The van der Waals surface area contributed by atoms with Gasteiger partial charge in [0.25, 0.3) is 5.69 Å². The molecule has 17 heavy (non-hydrogen) atoms. The Morgan fingerprint density at radius 1 is 1.35 bits per heavy atom. The SMILES string of the molecule is O=Cc1cc(OC2CCCC2)ccc1[N+](=O)[O-]. The molecule has 0 atom stereocenters. The van der Waals surface area contributed by atoms with Crippen LogP contribution in [0.25, 0.3) is 0 Å². The van der Waals surface area contributed by atoms with Gasteiger partial charge < -0.3 is 4.74 Å². The number of hydrogen-bond donors (Lipinski definition) is 0. The normalized spacial score (nSPS) is 15.8. The molecule has 2 rings (SSSR count). The first-order valence-electron chi connectivity index (χ1n) is 5.61. The topological polar surface area (TPSA) is 69.4 Å². The number of ether oxygens (including phenoxy) is 1. The molecule has 90 valence electrons. The van der Waals surface area contributed by atoms with Crippen LogP contribution in [0.5, 0.6) is 5.75 Å². The summed E-state index contributed by atoms with van der Waals surface area (Å²) in [6, 6.07) is 4.29. The van der Waals surface area contributed by atoms with E-state index in [1.165, 1.54) is 12.1 Å². The van der Waals surface area contributed by atoms with E-state index < -0.39 is 4.92 Å². The molecule has 0 heterocycles. The third-order valence-corrected chi connectivity index (χ3v) is 2.93. The third kappa shape index (κ3) is 2.61. The first-order chi connectivity index (χ1) is 8.20. The van der Waals surface area contributed by atoms with Gasteiger partial charge in [-0.05, 0) is 37.8 Å². The van der Waals surface area contributed by atoms with Gasteiger partial charge in [-0.25, -0.2) is 0 Å². The average Bonchev–Trinajstić information content (AvgIpc) is 2.81. The van der Waals surface area contributed by atoms with Crippen LogP contribution in [-0.2, 0) is 0 Å². The number of benzene rings is 1. The minimum absolute atomic E-state index is 0.0606. The number of nitro groups is 1. The molecule has 0 spiro atoms. The van der Waals surface area contributed by atoms with Crippen molar-refractivity contribution in [2.45, 2.75) is 31.8 Å². The molecule has 0 amide bonds. The molecular weight excluding hydrogens is 222 g/mol. The Bertz CT molecular complexity index is 438. The van der Waals surface area contributed by atoms with Crippen molar-refractivity contribution in [3.05, 3.63) is 33.9 Å². The zero-order chi connectivity index (χ0) is 12.3. The molecule has 1 aromatic rings. The number of nitro benzene ring substituents is 1. The fourth-order valence-electron chi connectivity index (χ4n) is 2.07. The Kier molecular flexibility index (Phi) is 3.37. The van der Waals surface area contributed by atoms with E-state index in [1.807, 2.05) is 0 Å². The average molecular weight is 235 g/mol. The van der Waals surface area contributed by atoms with E-state index in [0.29, 0.717) is 12.0 Å². The van der Waals surface area contributed by atoms with Crippen LogP contribution in [0.15, 0.2) is 18.2 Å². The standard InChI is InChI=1S/C12H13NO4/c14-8-9-7-11(5-6-12(9)13(15)16)17-10-3-1-2-4-10/h5-8,10H,1-4H2. The fraction of sp³-hybridized carbons (Fsp3) is 0.417. The molecule has 1 aliphatic carbocycles. The Morgan fingerprint density at radius 3 is 2.65 bits per heavy atom. The third-order valence-electron chi connectivity index (χ3n) is 2.93. The van der Waals surface area contributed by atoms with E-state index in [1.54, 1.807) is 6.07 Å². The van der Waals surface area contributed by atoms with Gasteiger partial charge in [0.2, 0.25) is 0 Å². The minimum Gasteiger partial charge on any atom is -0.490 e. The zero-order valence-corrected chi connectivity index (χ0v) is 9.30. The quantitative estimate of drug-likeness (QED) is 0.457. The molecule has 0 aliphatic heterocycles. The van der Waals surface area contributed by atoms with Gasteiger partial charge in [0.15, 0.2) is 6.29 Å². The maximum atomic E-state index is 10.8. The van der Waals surface area contributed by atoms with Crippen molar-refractivity contribution in [1.82, 2.24) is 0 Å². The fourth-order valence-corrected chi connectivity index (χ4v) is 2.07. The van der Waals surface area contributed by atoms with Crippen LogP contribution in [0.4, 0.5) is 5.69 Å². The van der Waals surface area contributed by atoms with E-state index in [2.05, 4.69) is 0 Å². The second-order valence-corrected chi connectivity index (χ2v) is 4.12. The lowest BCUT2D eigenvalue weighted by Crippen LogP contribution is -2.11. The second kappa shape index (κ2) is 4.95. The van der Waals surface area contributed by atoms with Crippen LogP contribution >= 0.6 is 0 Å². The molecule has 0 bridgehead atoms. The Balaban J connectivity index is 2.18. The van der Waals surface area contributed by atoms with Crippen molar-refractivity contribution < 1.29 is 14.5 Å². The van der Waals surface area contributed by atoms with E-state index in [9.17, 15) is 14.9 Å². The van der Waals surface area contributed by atoms with Crippen molar-refractivity contribution in [3.8, 4) is 5.75 Å². The summed E-state index contributed by atoms with van der Waals surface area (Å²) in [6.07, 6.45) is 4.98. The summed E-state index contributed by atoms with van der Waals surface area (Å²) in [5.41, 5.74) is -0.121. The summed E-state index contributed by atoms with van der Waals surface area (Å²) in [7, 11) is 0. The lowest BCUT2D eigenvalue weighted by Gasteiger charge is -2.12. The molecule has 0 aromatic heterocycles. The van der Waals surface area contributed by atoms with Crippen molar-refractivity contribution >= 4 is 12.0 Å². The largest absolute Gasteiger partial charge is 0.490 e. The predicted octanol–water partition coefficient (Wildman–Crippen LogP) is 2.73. The highest BCUT2D eigenvalue weighted by Crippen LogP contribution is 2.27. The second-order valence-electron chi connectivity index (χ2n) is 4.12. The number of rotatable bonds is 4. The van der Waals surface area contributed by atoms with Gasteiger partial charge in [-0.3, -0.25) is 14.9 Å². The number of hydrogen-bond acceptors (Lipinski definition) is 4. The van der Waals surface area contributed by atoms with E-state index in [-0.39, 0.29) is 17.4 Å². The van der Waals surface area contributed by atoms with Crippen LogP contribution in [0.1, 0.15) is 36.0 Å².